The number of carbonyl (C=O) groups is 2. The Kier molecular flexibility index (Phi) is 4.59. The van der Waals surface area contributed by atoms with Gasteiger partial charge in [0.05, 0.1) is 5.54 Å². The van der Waals surface area contributed by atoms with E-state index in [1.807, 2.05) is 18.2 Å². The maximum absolute atomic E-state index is 12.4. The molecule has 1 atom stereocenters. The van der Waals surface area contributed by atoms with Gasteiger partial charge in [-0.1, -0.05) is 32.1 Å². The summed E-state index contributed by atoms with van der Waals surface area (Å²) in [6, 6.07) is 7.42. The van der Waals surface area contributed by atoms with Crippen molar-refractivity contribution in [2.45, 2.75) is 38.6 Å². The molecule has 122 valence electrons. The average Bonchev–Trinajstić information content (AvgIpc) is 2.69. The number of hydrogen-bond acceptors (Lipinski definition) is 3. The van der Waals surface area contributed by atoms with Gasteiger partial charge < -0.3 is 15.7 Å². The van der Waals surface area contributed by atoms with Gasteiger partial charge in [-0.15, -0.1) is 6.58 Å². The second-order valence-corrected chi connectivity index (χ2v) is 6.24. The maximum atomic E-state index is 12.4. The van der Waals surface area contributed by atoms with Crippen LogP contribution in [0, 0.1) is 0 Å². The number of rotatable bonds is 5. The molecule has 1 aliphatic rings. The Hall–Kier alpha value is -2.56. The van der Waals surface area contributed by atoms with Crippen LogP contribution >= 0.6 is 0 Å². The van der Waals surface area contributed by atoms with Gasteiger partial charge in [-0.05, 0) is 37.0 Å². The van der Waals surface area contributed by atoms with E-state index in [2.05, 4.69) is 31.1 Å². The number of hydrogen-bond donors (Lipinski definition) is 3. The molecule has 0 fully saturated rings. The summed E-state index contributed by atoms with van der Waals surface area (Å²) in [6.45, 7) is 9.37. The summed E-state index contributed by atoms with van der Waals surface area (Å²) in [6.07, 6.45) is 1.92. The van der Waals surface area contributed by atoms with Crippen LogP contribution in [0.15, 0.2) is 48.3 Å². The van der Waals surface area contributed by atoms with Gasteiger partial charge in [-0.25, -0.2) is 0 Å². The van der Waals surface area contributed by atoms with Gasteiger partial charge in [0.1, 0.15) is 11.3 Å². The van der Waals surface area contributed by atoms with E-state index in [9.17, 15) is 14.7 Å². The molecule has 0 aromatic heterocycles. The van der Waals surface area contributed by atoms with Gasteiger partial charge in [-0.2, -0.15) is 0 Å². The van der Waals surface area contributed by atoms with E-state index in [0.29, 0.717) is 18.0 Å². The average molecular weight is 314 g/mol. The monoisotopic (exact) mass is 314 g/mol. The Morgan fingerprint density at radius 2 is 2.17 bits per heavy atom. The van der Waals surface area contributed by atoms with Crippen LogP contribution < -0.4 is 10.6 Å². The summed E-state index contributed by atoms with van der Waals surface area (Å²) in [4.78, 5) is 24.5. The summed E-state index contributed by atoms with van der Waals surface area (Å²) in [5.41, 5.74) is 0.440. The molecule has 1 aliphatic heterocycles. The first-order chi connectivity index (χ1) is 10.8. The maximum Gasteiger partial charge on any atom is 0.264 e. The standard InChI is InChI=1S/C18H22N2O3/c1-5-9-18(4)15(21)14(17(23)20-18)16(22)19-13-8-6-7-12(10-13)11(2)3/h5-8,10-11,21H,1,9H2,2-4H3,(H,19,22)(H,20,23). The van der Waals surface area contributed by atoms with E-state index in [1.165, 1.54) is 0 Å². The molecule has 3 N–H and O–H groups in total. The highest BCUT2D eigenvalue weighted by atomic mass is 16.3. The normalized spacial score (nSPS) is 20.6. The second-order valence-electron chi connectivity index (χ2n) is 6.24. The summed E-state index contributed by atoms with van der Waals surface area (Å²) in [5, 5.41) is 15.6. The van der Waals surface area contributed by atoms with Crippen LogP contribution in [0.3, 0.4) is 0 Å². The Bertz CT molecular complexity index is 691. The van der Waals surface area contributed by atoms with Crippen molar-refractivity contribution in [3.05, 3.63) is 53.8 Å². The molecule has 5 nitrogen and oxygen atoms in total. The van der Waals surface area contributed by atoms with Crippen LogP contribution in [-0.2, 0) is 9.59 Å². The SMILES string of the molecule is C=CCC1(C)NC(=O)C(C(=O)Nc2cccc(C(C)C)c2)=C1O. The lowest BCUT2D eigenvalue weighted by molar-refractivity contribution is -0.121. The van der Waals surface area contributed by atoms with Crippen LogP contribution in [0.1, 0.15) is 38.7 Å². The molecule has 5 heteroatoms. The minimum Gasteiger partial charge on any atom is -0.509 e. The third kappa shape index (κ3) is 3.28. The molecular weight excluding hydrogens is 292 g/mol. The van der Waals surface area contributed by atoms with Gasteiger partial charge in [-0.3, -0.25) is 9.59 Å². The minimum absolute atomic E-state index is 0.246. The lowest BCUT2D eigenvalue weighted by Crippen LogP contribution is -2.41. The molecule has 23 heavy (non-hydrogen) atoms. The fourth-order valence-electron chi connectivity index (χ4n) is 2.57. The molecular formula is C18H22N2O3. The number of benzene rings is 1. The fourth-order valence-corrected chi connectivity index (χ4v) is 2.57. The molecule has 0 spiro atoms. The van der Waals surface area contributed by atoms with Gasteiger partial charge in [0.2, 0.25) is 0 Å². The zero-order valence-corrected chi connectivity index (χ0v) is 13.6. The first-order valence-electron chi connectivity index (χ1n) is 7.57. The van der Waals surface area contributed by atoms with Crippen molar-refractivity contribution in [2.75, 3.05) is 5.32 Å². The fraction of sp³-hybridized carbons (Fsp3) is 0.333. The summed E-state index contributed by atoms with van der Waals surface area (Å²) in [7, 11) is 0. The third-order valence-electron chi connectivity index (χ3n) is 3.97. The van der Waals surface area contributed by atoms with Crippen molar-refractivity contribution in [1.82, 2.24) is 5.32 Å². The molecule has 0 radical (unpaired) electrons. The Morgan fingerprint density at radius 3 is 2.78 bits per heavy atom. The van der Waals surface area contributed by atoms with E-state index in [-0.39, 0.29) is 11.3 Å². The van der Waals surface area contributed by atoms with Crippen molar-refractivity contribution in [1.29, 1.82) is 0 Å². The lowest BCUT2D eigenvalue weighted by Gasteiger charge is -2.22. The van der Waals surface area contributed by atoms with Gasteiger partial charge >= 0.3 is 0 Å². The van der Waals surface area contributed by atoms with Crippen LogP contribution in [0.5, 0.6) is 0 Å². The molecule has 1 heterocycles. The smallest absolute Gasteiger partial charge is 0.264 e. The summed E-state index contributed by atoms with van der Waals surface area (Å²) < 4.78 is 0. The van der Waals surface area contributed by atoms with Crippen LogP contribution in [0.4, 0.5) is 5.69 Å². The summed E-state index contributed by atoms with van der Waals surface area (Å²) >= 11 is 0. The Morgan fingerprint density at radius 1 is 1.48 bits per heavy atom. The third-order valence-corrected chi connectivity index (χ3v) is 3.97. The molecule has 0 bridgehead atoms. The summed E-state index contributed by atoms with van der Waals surface area (Å²) in [5.74, 6) is -1.12. The van der Waals surface area contributed by atoms with Crippen molar-refractivity contribution < 1.29 is 14.7 Å². The number of aliphatic hydroxyl groups is 1. The van der Waals surface area contributed by atoms with Gasteiger partial charge in [0, 0.05) is 5.69 Å². The number of nitrogens with one attached hydrogen (secondary N) is 2. The molecule has 1 unspecified atom stereocenters. The van der Waals surface area contributed by atoms with E-state index in [1.54, 1.807) is 19.1 Å². The quantitative estimate of drug-likeness (QED) is 0.577. The van der Waals surface area contributed by atoms with Crippen LogP contribution in [0.25, 0.3) is 0 Å². The molecule has 0 aliphatic carbocycles. The highest BCUT2D eigenvalue weighted by molar-refractivity contribution is 6.24. The Labute approximate surface area is 136 Å². The predicted molar refractivity (Wildman–Crippen MR) is 90.2 cm³/mol. The van der Waals surface area contributed by atoms with E-state index in [4.69, 9.17) is 0 Å². The van der Waals surface area contributed by atoms with Crippen molar-refractivity contribution in [3.63, 3.8) is 0 Å². The second kappa shape index (κ2) is 6.28. The van der Waals surface area contributed by atoms with Crippen molar-refractivity contribution in [3.8, 4) is 0 Å². The molecule has 2 amide bonds. The number of amides is 2. The molecule has 1 aromatic rings. The van der Waals surface area contributed by atoms with E-state index in [0.717, 1.165) is 5.56 Å². The largest absolute Gasteiger partial charge is 0.509 e. The van der Waals surface area contributed by atoms with Crippen LogP contribution in [-0.4, -0.2) is 22.5 Å². The zero-order valence-electron chi connectivity index (χ0n) is 13.6. The topological polar surface area (TPSA) is 78.4 Å². The van der Waals surface area contributed by atoms with Crippen molar-refractivity contribution >= 4 is 17.5 Å². The Balaban J connectivity index is 2.27. The predicted octanol–water partition coefficient (Wildman–Crippen LogP) is 3.03. The molecule has 0 saturated carbocycles. The van der Waals surface area contributed by atoms with E-state index < -0.39 is 17.4 Å². The van der Waals surface area contributed by atoms with Crippen LogP contribution in [0.2, 0.25) is 0 Å². The minimum atomic E-state index is -0.981. The number of aliphatic hydroxyl groups excluding tert-OH is 1. The number of carbonyl (C=O) groups excluding carboxylic acids is 2. The molecule has 1 aromatic carbocycles. The number of anilines is 1. The zero-order chi connectivity index (χ0) is 17.2. The highest BCUT2D eigenvalue weighted by Gasteiger charge is 2.43. The first kappa shape index (κ1) is 16.8. The lowest BCUT2D eigenvalue weighted by atomic mass is 9.96. The highest BCUT2D eigenvalue weighted by Crippen LogP contribution is 2.29. The molecule has 0 saturated heterocycles. The van der Waals surface area contributed by atoms with E-state index >= 15 is 0 Å². The molecule has 2 rings (SSSR count). The van der Waals surface area contributed by atoms with Crippen molar-refractivity contribution in [2.24, 2.45) is 0 Å². The van der Waals surface area contributed by atoms with Gasteiger partial charge in [0.25, 0.3) is 11.8 Å². The first-order valence-corrected chi connectivity index (χ1v) is 7.57. The van der Waals surface area contributed by atoms with Gasteiger partial charge in [0.15, 0.2) is 0 Å².